The Kier molecular flexibility index (Phi) is 4.33. The van der Waals surface area contributed by atoms with Crippen molar-refractivity contribution in [2.75, 3.05) is 0 Å². The van der Waals surface area contributed by atoms with Crippen molar-refractivity contribution in [1.29, 1.82) is 0 Å². The van der Waals surface area contributed by atoms with Gasteiger partial charge in [-0.2, -0.15) is 0 Å². The van der Waals surface area contributed by atoms with Crippen LogP contribution in [0.2, 0.25) is 0 Å². The first kappa shape index (κ1) is 13.5. The Hall–Kier alpha value is -1.52. The van der Waals surface area contributed by atoms with Gasteiger partial charge in [0.1, 0.15) is 5.60 Å². The molecule has 0 bridgehead atoms. The lowest BCUT2D eigenvalue weighted by Gasteiger charge is -2.21. The van der Waals surface area contributed by atoms with Crippen LogP contribution < -0.4 is 5.32 Å². The van der Waals surface area contributed by atoms with Crippen molar-refractivity contribution < 1.29 is 19.4 Å². The van der Waals surface area contributed by atoms with Gasteiger partial charge in [0, 0.05) is 0 Å². The number of hydrogen-bond donors (Lipinski definition) is 2. The van der Waals surface area contributed by atoms with E-state index >= 15 is 0 Å². The van der Waals surface area contributed by atoms with E-state index < -0.39 is 23.7 Å². The normalized spacial score (nSPS) is 12.8. The molecule has 5 heteroatoms. The van der Waals surface area contributed by atoms with Crippen molar-refractivity contribution >= 4 is 12.1 Å². The van der Waals surface area contributed by atoms with Crippen molar-refractivity contribution in [1.82, 2.24) is 5.32 Å². The van der Waals surface area contributed by atoms with Crippen LogP contribution >= 0.6 is 0 Å². The van der Waals surface area contributed by atoms with Gasteiger partial charge < -0.3 is 15.2 Å². The molecule has 5 nitrogen and oxygen atoms in total. The molecule has 0 aliphatic carbocycles. The molecule has 0 saturated heterocycles. The summed E-state index contributed by atoms with van der Waals surface area (Å²) in [7, 11) is 0. The quantitative estimate of drug-likeness (QED) is 0.700. The zero-order valence-corrected chi connectivity index (χ0v) is 9.46. The first-order chi connectivity index (χ1) is 6.63. The van der Waals surface area contributed by atoms with Crippen LogP contribution in [0.1, 0.15) is 27.7 Å². The van der Waals surface area contributed by atoms with Gasteiger partial charge in [-0.1, -0.05) is 6.58 Å². The molecule has 0 aromatic carbocycles. The van der Waals surface area contributed by atoms with Gasteiger partial charge in [-0.25, -0.2) is 9.59 Å². The van der Waals surface area contributed by atoms with Gasteiger partial charge in [0.15, 0.2) is 0 Å². The summed E-state index contributed by atoms with van der Waals surface area (Å²) in [5, 5.41) is 11.0. The number of nitrogens with one attached hydrogen (secondary N) is 1. The standard InChI is InChI=1S/C10H17NO4/c1-6(8(12)13)7(2)11-9(14)15-10(3,4)5/h7H,1H2,2-5H3,(H,11,14)(H,12,13)/t7-/m1/s1. The fourth-order valence-corrected chi connectivity index (χ4v) is 0.757. The maximum Gasteiger partial charge on any atom is 0.408 e. The zero-order chi connectivity index (χ0) is 12.2. The number of aliphatic carboxylic acids is 1. The lowest BCUT2D eigenvalue weighted by molar-refractivity contribution is -0.132. The summed E-state index contributed by atoms with van der Waals surface area (Å²) >= 11 is 0. The number of carboxylic acid groups (broad SMARTS) is 1. The number of amides is 1. The van der Waals surface area contributed by atoms with Crippen molar-refractivity contribution in [3.63, 3.8) is 0 Å². The largest absolute Gasteiger partial charge is 0.478 e. The van der Waals surface area contributed by atoms with E-state index in [1.807, 2.05) is 0 Å². The van der Waals surface area contributed by atoms with Gasteiger partial charge in [-0.3, -0.25) is 0 Å². The molecule has 0 spiro atoms. The first-order valence-corrected chi connectivity index (χ1v) is 4.55. The molecule has 15 heavy (non-hydrogen) atoms. The molecule has 0 aliphatic rings. The molecule has 1 atom stereocenters. The van der Waals surface area contributed by atoms with Crippen LogP contribution in [0.25, 0.3) is 0 Å². The van der Waals surface area contributed by atoms with Crippen LogP contribution in [0.4, 0.5) is 4.79 Å². The second-order valence-electron chi connectivity index (χ2n) is 4.20. The molecule has 86 valence electrons. The number of carbonyl (C=O) groups is 2. The molecule has 0 rings (SSSR count). The van der Waals surface area contributed by atoms with E-state index in [-0.39, 0.29) is 5.57 Å². The van der Waals surface area contributed by atoms with Crippen LogP contribution in [-0.2, 0) is 9.53 Å². The summed E-state index contributed by atoms with van der Waals surface area (Å²) in [6.45, 7) is 10.0. The highest BCUT2D eigenvalue weighted by atomic mass is 16.6. The Morgan fingerprint density at radius 2 is 1.87 bits per heavy atom. The van der Waals surface area contributed by atoms with Crippen molar-refractivity contribution in [2.45, 2.75) is 39.3 Å². The summed E-state index contributed by atoms with van der Waals surface area (Å²) in [6.07, 6.45) is -0.655. The molecule has 0 unspecified atom stereocenters. The van der Waals surface area contributed by atoms with Gasteiger partial charge in [-0.05, 0) is 27.7 Å². The van der Waals surface area contributed by atoms with Crippen LogP contribution in [0.3, 0.4) is 0 Å². The number of ether oxygens (including phenoxy) is 1. The van der Waals surface area contributed by atoms with Gasteiger partial charge in [0.05, 0.1) is 11.6 Å². The fraction of sp³-hybridized carbons (Fsp3) is 0.600. The fourth-order valence-electron chi connectivity index (χ4n) is 0.757. The SMILES string of the molecule is C=C(C(=O)O)[C@@H](C)NC(=O)OC(C)(C)C. The minimum Gasteiger partial charge on any atom is -0.478 e. The third-order valence-corrected chi connectivity index (χ3v) is 1.53. The lowest BCUT2D eigenvalue weighted by Crippen LogP contribution is -2.39. The predicted octanol–water partition coefficient (Wildman–Crippen LogP) is 1.54. The molecule has 1 amide bonds. The summed E-state index contributed by atoms with van der Waals surface area (Å²) in [6, 6.07) is -0.655. The topological polar surface area (TPSA) is 75.6 Å². The Labute approximate surface area is 89.1 Å². The van der Waals surface area contributed by atoms with E-state index in [0.717, 1.165) is 0 Å². The summed E-state index contributed by atoms with van der Waals surface area (Å²) in [5.74, 6) is -1.14. The van der Waals surface area contributed by atoms with Crippen molar-refractivity contribution in [2.24, 2.45) is 0 Å². The Bertz CT molecular complexity index is 278. The van der Waals surface area contributed by atoms with E-state index in [2.05, 4.69) is 11.9 Å². The van der Waals surface area contributed by atoms with Crippen molar-refractivity contribution in [3.8, 4) is 0 Å². The maximum absolute atomic E-state index is 11.2. The van der Waals surface area contributed by atoms with E-state index in [9.17, 15) is 9.59 Å². The number of hydrogen-bond acceptors (Lipinski definition) is 3. The average Bonchev–Trinajstić information content (AvgIpc) is 1.98. The van der Waals surface area contributed by atoms with E-state index in [0.29, 0.717) is 0 Å². The minimum atomic E-state index is -1.14. The third-order valence-electron chi connectivity index (χ3n) is 1.53. The van der Waals surface area contributed by atoms with Crippen LogP contribution in [0.15, 0.2) is 12.2 Å². The lowest BCUT2D eigenvalue weighted by atomic mass is 10.1. The third kappa shape index (κ3) is 5.72. The Morgan fingerprint density at radius 1 is 1.40 bits per heavy atom. The highest BCUT2D eigenvalue weighted by Crippen LogP contribution is 2.07. The summed E-state index contributed by atoms with van der Waals surface area (Å²) in [4.78, 5) is 21.7. The first-order valence-electron chi connectivity index (χ1n) is 4.55. The minimum absolute atomic E-state index is 0.0825. The Morgan fingerprint density at radius 3 is 2.20 bits per heavy atom. The predicted molar refractivity (Wildman–Crippen MR) is 55.6 cm³/mol. The monoisotopic (exact) mass is 215 g/mol. The van der Waals surface area contributed by atoms with Gasteiger partial charge >= 0.3 is 12.1 Å². The molecule has 2 N–H and O–H groups in total. The van der Waals surface area contributed by atoms with Crippen molar-refractivity contribution in [3.05, 3.63) is 12.2 Å². The molecular formula is C10H17NO4. The van der Waals surface area contributed by atoms with Gasteiger partial charge in [0.2, 0.25) is 0 Å². The molecule has 0 aliphatic heterocycles. The van der Waals surface area contributed by atoms with Crippen LogP contribution in [0, 0.1) is 0 Å². The molecule has 0 fully saturated rings. The molecule has 0 heterocycles. The number of rotatable bonds is 3. The van der Waals surface area contributed by atoms with Gasteiger partial charge in [0.25, 0.3) is 0 Å². The summed E-state index contributed by atoms with van der Waals surface area (Å²) < 4.78 is 4.95. The number of carboxylic acids is 1. The molecule has 0 saturated carbocycles. The molecule has 0 radical (unpaired) electrons. The highest BCUT2D eigenvalue weighted by molar-refractivity contribution is 5.88. The van der Waals surface area contributed by atoms with E-state index in [4.69, 9.17) is 9.84 Å². The maximum atomic E-state index is 11.2. The second kappa shape index (κ2) is 4.82. The van der Waals surface area contributed by atoms with Crippen LogP contribution in [0.5, 0.6) is 0 Å². The number of alkyl carbamates (subject to hydrolysis) is 1. The number of carbonyl (C=O) groups excluding carboxylic acids is 1. The average molecular weight is 215 g/mol. The van der Waals surface area contributed by atoms with Gasteiger partial charge in [-0.15, -0.1) is 0 Å². The smallest absolute Gasteiger partial charge is 0.408 e. The zero-order valence-electron chi connectivity index (χ0n) is 9.46. The van der Waals surface area contributed by atoms with E-state index in [1.165, 1.54) is 6.92 Å². The Balaban J connectivity index is 4.20. The summed E-state index contributed by atoms with van der Waals surface area (Å²) in [5.41, 5.74) is -0.685. The molecule has 0 aromatic heterocycles. The highest BCUT2D eigenvalue weighted by Gasteiger charge is 2.20. The van der Waals surface area contributed by atoms with Crippen LogP contribution in [-0.4, -0.2) is 28.8 Å². The molecular weight excluding hydrogens is 198 g/mol. The molecule has 0 aromatic rings. The van der Waals surface area contributed by atoms with E-state index in [1.54, 1.807) is 20.8 Å². The second-order valence-corrected chi connectivity index (χ2v) is 4.20.